The Morgan fingerprint density at radius 3 is 2.56 bits per heavy atom. The third kappa shape index (κ3) is 2.91. The smallest absolute Gasteiger partial charge is 0.321 e. The number of pyridine rings is 1. The number of nitrogens with zero attached hydrogens (tertiary/aromatic N) is 4. The minimum absolute atomic E-state index is 0.329. The van der Waals surface area contributed by atoms with Gasteiger partial charge < -0.3 is 10.1 Å². The topological polar surface area (TPSA) is 72.8 Å². The molecule has 0 bridgehead atoms. The van der Waals surface area contributed by atoms with E-state index in [9.17, 15) is 0 Å². The van der Waals surface area contributed by atoms with Crippen molar-refractivity contribution in [2.75, 3.05) is 18.5 Å². The maximum Gasteiger partial charge on any atom is 0.321 e. The number of hydrogen-bond donors (Lipinski definition) is 1. The molecule has 0 spiro atoms. The van der Waals surface area contributed by atoms with Gasteiger partial charge in [-0.05, 0) is 26.0 Å². The summed E-state index contributed by atoms with van der Waals surface area (Å²) in [6.07, 6.45) is 3.40. The minimum Gasteiger partial charge on any atom is -0.464 e. The van der Waals surface area contributed by atoms with Crippen molar-refractivity contribution in [2.24, 2.45) is 0 Å². The van der Waals surface area contributed by atoms with Gasteiger partial charge in [0.05, 0.1) is 6.61 Å². The standard InChI is InChI=1S/C12H15N5O/c1-3-14-11-15-10(9-5-7-13-8-6-9)16-12(17-11)18-4-2/h5-8H,3-4H2,1-2H3,(H,14,15,16,17). The highest BCUT2D eigenvalue weighted by Crippen LogP contribution is 2.17. The minimum atomic E-state index is 0.329. The Labute approximate surface area is 105 Å². The van der Waals surface area contributed by atoms with Crippen molar-refractivity contribution in [3.8, 4) is 17.4 Å². The van der Waals surface area contributed by atoms with E-state index in [-0.39, 0.29) is 0 Å². The van der Waals surface area contributed by atoms with Gasteiger partial charge in [-0.2, -0.15) is 15.0 Å². The molecule has 6 heteroatoms. The number of ether oxygens (including phenoxy) is 1. The van der Waals surface area contributed by atoms with Crippen LogP contribution >= 0.6 is 0 Å². The van der Waals surface area contributed by atoms with Gasteiger partial charge in [0.2, 0.25) is 5.95 Å². The van der Waals surface area contributed by atoms with Gasteiger partial charge in [0.15, 0.2) is 5.82 Å². The van der Waals surface area contributed by atoms with E-state index >= 15 is 0 Å². The molecule has 0 radical (unpaired) electrons. The van der Waals surface area contributed by atoms with Crippen molar-refractivity contribution >= 4 is 5.95 Å². The van der Waals surface area contributed by atoms with Crippen molar-refractivity contribution in [3.05, 3.63) is 24.5 Å². The Morgan fingerprint density at radius 1 is 1.11 bits per heavy atom. The quantitative estimate of drug-likeness (QED) is 0.865. The lowest BCUT2D eigenvalue weighted by atomic mass is 10.2. The summed E-state index contributed by atoms with van der Waals surface area (Å²) in [5, 5.41) is 3.06. The van der Waals surface area contributed by atoms with E-state index in [1.54, 1.807) is 12.4 Å². The summed E-state index contributed by atoms with van der Waals surface area (Å²) >= 11 is 0. The average molecular weight is 245 g/mol. The molecule has 0 aliphatic carbocycles. The van der Waals surface area contributed by atoms with Gasteiger partial charge in [-0.15, -0.1) is 0 Å². The number of rotatable bonds is 5. The summed E-state index contributed by atoms with van der Waals surface area (Å²) < 4.78 is 5.34. The van der Waals surface area contributed by atoms with Crippen LogP contribution in [-0.4, -0.2) is 33.1 Å². The van der Waals surface area contributed by atoms with Crippen molar-refractivity contribution in [1.29, 1.82) is 0 Å². The second kappa shape index (κ2) is 5.90. The second-order valence-corrected chi connectivity index (χ2v) is 3.46. The lowest BCUT2D eigenvalue weighted by Gasteiger charge is -2.07. The summed E-state index contributed by atoms with van der Waals surface area (Å²) in [4.78, 5) is 16.7. The Hall–Kier alpha value is -2.24. The molecule has 0 aliphatic rings. The Balaban J connectivity index is 2.39. The zero-order valence-electron chi connectivity index (χ0n) is 10.4. The molecule has 0 amide bonds. The van der Waals surface area contributed by atoms with Gasteiger partial charge >= 0.3 is 6.01 Å². The largest absolute Gasteiger partial charge is 0.464 e. The highest BCUT2D eigenvalue weighted by Gasteiger charge is 2.08. The predicted molar refractivity (Wildman–Crippen MR) is 68.4 cm³/mol. The van der Waals surface area contributed by atoms with Crippen LogP contribution in [-0.2, 0) is 0 Å². The highest BCUT2D eigenvalue weighted by atomic mass is 16.5. The second-order valence-electron chi connectivity index (χ2n) is 3.46. The lowest BCUT2D eigenvalue weighted by Crippen LogP contribution is -2.07. The molecule has 6 nitrogen and oxygen atoms in total. The first kappa shape index (κ1) is 12.2. The summed E-state index contributed by atoms with van der Waals surface area (Å²) in [5.41, 5.74) is 0.882. The predicted octanol–water partition coefficient (Wildman–Crippen LogP) is 1.76. The first-order chi connectivity index (χ1) is 8.83. The van der Waals surface area contributed by atoms with E-state index < -0.39 is 0 Å². The van der Waals surface area contributed by atoms with Crippen LogP contribution in [0.15, 0.2) is 24.5 Å². The fourth-order valence-corrected chi connectivity index (χ4v) is 1.42. The van der Waals surface area contributed by atoms with Crippen LogP contribution in [0.4, 0.5) is 5.95 Å². The van der Waals surface area contributed by atoms with Crippen LogP contribution in [0.3, 0.4) is 0 Å². The number of hydrogen-bond acceptors (Lipinski definition) is 6. The van der Waals surface area contributed by atoms with Gasteiger partial charge in [0.1, 0.15) is 0 Å². The molecule has 0 unspecified atom stereocenters. The van der Waals surface area contributed by atoms with Crippen molar-refractivity contribution in [1.82, 2.24) is 19.9 Å². The Kier molecular flexibility index (Phi) is 4.01. The first-order valence-electron chi connectivity index (χ1n) is 5.86. The maximum absolute atomic E-state index is 5.34. The maximum atomic E-state index is 5.34. The molecule has 0 saturated carbocycles. The van der Waals surface area contributed by atoms with E-state index in [0.29, 0.717) is 24.4 Å². The molecule has 94 valence electrons. The molecule has 0 aliphatic heterocycles. The van der Waals surface area contributed by atoms with Crippen molar-refractivity contribution in [2.45, 2.75) is 13.8 Å². The van der Waals surface area contributed by atoms with Gasteiger partial charge in [-0.3, -0.25) is 4.98 Å². The van der Waals surface area contributed by atoms with E-state index in [4.69, 9.17) is 4.74 Å². The molecule has 1 N–H and O–H groups in total. The molecule has 2 rings (SSSR count). The average Bonchev–Trinajstić information content (AvgIpc) is 2.40. The Morgan fingerprint density at radius 2 is 1.89 bits per heavy atom. The lowest BCUT2D eigenvalue weighted by molar-refractivity contribution is 0.312. The number of nitrogens with one attached hydrogen (secondary N) is 1. The molecule has 0 saturated heterocycles. The van der Waals surface area contributed by atoms with Crippen LogP contribution in [0, 0.1) is 0 Å². The molecule has 2 heterocycles. The van der Waals surface area contributed by atoms with Crippen molar-refractivity contribution < 1.29 is 4.74 Å². The highest BCUT2D eigenvalue weighted by molar-refractivity contribution is 5.55. The zero-order chi connectivity index (χ0) is 12.8. The van der Waals surface area contributed by atoms with Crippen LogP contribution in [0.2, 0.25) is 0 Å². The third-order valence-corrected chi connectivity index (χ3v) is 2.16. The SMILES string of the molecule is CCNc1nc(OCC)nc(-c2ccncc2)n1. The van der Waals surface area contributed by atoms with E-state index in [0.717, 1.165) is 12.1 Å². The molecule has 0 fully saturated rings. The molecule has 2 aromatic heterocycles. The summed E-state index contributed by atoms with van der Waals surface area (Å²) in [5.74, 6) is 1.09. The van der Waals surface area contributed by atoms with Gasteiger partial charge in [-0.1, -0.05) is 0 Å². The van der Waals surface area contributed by atoms with Gasteiger partial charge in [-0.25, -0.2) is 0 Å². The van der Waals surface area contributed by atoms with Crippen LogP contribution < -0.4 is 10.1 Å². The molecule has 0 aromatic carbocycles. The van der Waals surface area contributed by atoms with Crippen LogP contribution in [0.5, 0.6) is 6.01 Å². The number of aromatic nitrogens is 4. The molecule has 0 atom stereocenters. The fraction of sp³-hybridized carbons (Fsp3) is 0.333. The summed E-state index contributed by atoms with van der Waals surface area (Å²) in [7, 11) is 0. The van der Waals surface area contributed by atoms with Crippen LogP contribution in [0.1, 0.15) is 13.8 Å². The van der Waals surface area contributed by atoms with Crippen molar-refractivity contribution in [3.63, 3.8) is 0 Å². The normalized spacial score (nSPS) is 10.1. The first-order valence-corrected chi connectivity index (χ1v) is 5.86. The Bertz CT molecular complexity index is 479. The monoisotopic (exact) mass is 245 g/mol. The molecule has 2 aromatic rings. The van der Waals surface area contributed by atoms with Gasteiger partial charge in [0, 0.05) is 24.5 Å². The number of anilines is 1. The van der Waals surface area contributed by atoms with Crippen LogP contribution in [0.25, 0.3) is 11.4 Å². The zero-order valence-corrected chi connectivity index (χ0v) is 10.4. The van der Waals surface area contributed by atoms with Gasteiger partial charge in [0.25, 0.3) is 0 Å². The fourth-order valence-electron chi connectivity index (χ4n) is 1.42. The molecular formula is C12H15N5O. The van der Waals surface area contributed by atoms with E-state index in [1.807, 2.05) is 26.0 Å². The summed E-state index contributed by atoms with van der Waals surface area (Å²) in [6, 6.07) is 4.02. The molecular weight excluding hydrogens is 230 g/mol. The van der Waals surface area contributed by atoms with E-state index in [2.05, 4.69) is 25.3 Å². The third-order valence-electron chi connectivity index (χ3n) is 2.16. The van der Waals surface area contributed by atoms with E-state index in [1.165, 1.54) is 0 Å². The summed E-state index contributed by atoms with van der Waals surface area (Å²) in [6.45, 7) is 5.13. The molecule has 18 heavy (non-hydrogen) atoms.